The Morgan fingerprint density at radius 1 is 1.18 bits per heavy atom. The van der Waals surface area contributed by atoms with Crippen molar-refractivity contribution in [2.24, 2.45) is 5.92 Å². The van der Waals surface area contributed by atoms with Crippen molar-refractivity contribution in [3.8, 4) is 0 Å². The summed E-state index contributed by atoms with van der Waals surface area (Å²) in [5.74, 6) is -0.221. The zero-order valence-corrected chi connectivity index (χ0v) is 13.9. The molecule has 1 atom stereocenters. The highest BCUT2D eigenvalue weighted by atomic mass is 32.2. The highest BCUT2D eigenvalue weighted by molar-refractivity contribution is 7.89. The maximum Gasteiger partial charge on any atom is 0.240 e. The lowest BCUT2D eigenvalue weighted by Crippen LogP contribution is -2.46. The summed E-state index contributed by atoms with van der Waals surface area (Å²) < 4.78 is 39.7. The molecular formula is C15H24FN3O2S. The first-order valence-corrected chi connectivity index (χ1v) is 9.01. The van der Waals surface area contributed by atoms with Gasteiger partial charge in [0, 0.05) is 39.3 Å². The first-order valence-electron chi connectivity index (χ1n) is 7.53. The molecule has 1 N–H and O–H groups in total. The number of sulfonamides is 1. The smallest absolute Gasteiger partial charge is 0.240 e. The lowest BCUT2D eigenvalue weighted by molar-refractivity contribution is 0.139. The largest absolute Gasteiger partial charge is 0.304 e. The van der Waals surface area contributed by atoms with Gasteiger partial charge in [-0.2, -0.15) is 0 Å². The molecule has 1 fully saturated rings. The number of nitrogens with zero attached hydrogens (tertiary/aromatic N) is 2. The zero-order chi connectivity index (χ0) is 16.2. The van der Waals surface area contributed by atoms with Gasteiger partial charge in [0.15, 0.2) is 0 Å². The minimum absolute atomic E-state index is 0.0979. The van der Waals surface area contributed by atoms with E-state index in [2.05, 4.69) is 21.6 Å². The summed E-state index contributed by atoms with van der Waals surface area (Å²) in [7, 11) is -1.46. The summed E-state index contributed by atoms with van der Waals surface area (Å²) in [5.41, 5.74) is 0. The van der Waals surface area contributed by atoms with Crippen LogP contribution in [-0.4, -0.2) is 64.5 Å². The van der Waals surface area contributed by atoms with Crippen LogP contribution in [0.15, 0.2) is 29.2 Å². The minimum atomic E-state index is -3.57. The van der Waals surface area contributed by atoms with Gasteiger partial charge in [0.1, 0.15) is 5.82 Å². The van der Waals surface area contributed by atoms with Crippen LogP contribution in [0.5, 0.6) is 0 Å². The Labute approximate surface area is 132 Å². The van der Waals surface area contributed by atoms with E-state index < -0.39 is 15.8 Å². The van der Waals surface area contributed by atoms with Crippen molar-refractivity contribution in [3.05, 3.63) is 30.1 Å². The summed E-state index contributed by atoms with van der Waals surface area (Å²) >= 11 is 0. The first-order chi connectivity index (χ1) is 10.4. The quantitative estimate of drug-likeness (QED) is 0.846. The summed E-state index contributed by atoms with van der Waals surface area (Å²) in [6, 6.07) is 4.87. The van der Waals surface area contributed by atoms with Gasteiger partial charge < -0.3 is 9.80 Å². The van der Waals surface area contributed by atoms with Crippen molar-refractivity contribution in [1.82, 2.24) is 14.5 Å². The summed E-state index contributed by atoms with van der Waals surface area (Å²) in [6.45, 7) is 7.43. The van der Waals surface area contributed by atoms with E-state index in [4.69, 9.17) is 0 Å². The summed E-state index contributed by atoms with van der Waals surface area (Å²) in [5, 5.41) is 0. The standard InChI is InChI=1S/C15H24FN3O2S/c1-13(12-19-9-7-18(2)8-10-19)11-17-22(20,21)15-5-3-14(16)4-6-15/h3-6,13,17H,7-12H2,1-2H3. The van der Waals surface area contributed by atoms with Crippen LogP contribution in [0.1, 0.15) is 6.92 Å². The van der Waals surface area contributed by atoms with Crippen molar-refractivity contribution < 1.29 is 12.8 Å². The van der Waals surface area contributed by atoms with Crippen LogP contribution in [-0.2, 0) is 10.0 Å². The maximum atomic E-state index is 12.9. The Kier molecular flexibility index (Phi) is 5.91. The molecule has 2 rings (SSSR count). The minimum Gasteiger partial charge on any atom is -0.304 e. The Balaban J connectivity index is 1.82. The second kappa shape index (κ2) is 7.50. The van der Waals surface area contributed by atoms with E-state index in [0.717, 1.165) is 44.9 Å². The van der Waals surface area contributed by atoms with Crippen molar-refractivity contribution in [2.75, 3.05) is 46.3 Å². The molecule has 5 nitrogen and oxygen atoms in total. The van der Waals surface area contributed by atoms with Crippen LogP contribution < -0.4 is 4.72 Å². The predicted octanol–water partition coefficient (Wildman–Crippen LogP) is 0.988. The van der Waals surface area contributed by atoms with Gasteiger partial charge in [-0.1, -0.05) is 6.92 Å². The fraction of sp³-hybridized carbons (Fsp3) is 0.600. The summed E-state index contributed by atoms with van der Waals surface area (Å²) in [6.07, 6.45) is 0. The molecule has 0 aromatic heterocycles. The average Bonchev–Trinajstić information content (AvgIpc) is 2.48. The Bertz CT molecular complexity index is 569. The van der Waals surface area contributed by atoms with Crippen molar-refractivity contribution in [2.45, 2.75) is 11.8 Å². The van der Waals surface area contributed by atoms with Gasteiger partial charge in [0.05, 0.1) is 4.90 Å². The number of halogens is 1. The molecule has 22 heavy (non-hydrogen) atoms. The topological polar surface area (TPSA) is 52.7 Å². The van der Waals surface area contributed by atoms with E-state index in [9.17, 15) is 12.8 Å². The molecule has 0 radical (unpaired) electrons. The molecule has 1 aliphatic rings. The highest BCUT2D eigenvalue weighted by Gasteiger charge is 2.19. The molecule has 0 saturated carbocycles. The first kappa shape index (κ1) is 17.3. The normalized spacial score (nSPS) is 19.2. The van der Waals surface area contributed by atoms with Crippen molar-refractivity contribution >= 4 is 10.0 Å². The molecule has 1 aromatic carbocycles. The molecule has 1 saturated heterocycles. The van der Waals surface area contributed by atoms with E-state index in [1.807, 2.05) is 6.92 Å². The van der Waals surface area contributed by atoms with Crippen molar-refractivity contribution in [1.29, 1.82) is 0 Å². The lowest BCUT2D eigenvalue weighted by atomic mass is 10.1. The van der Waals surface area contributed by atoms with Gasteiger partial charge in [-0.05, 0) is 37.2 Å². The highest BCUT2D eigenvalue weighted by Crippen LogP contribution is 2.10. The van der Waals surface area contributed by atoms with Crippen LogP contribution >= 0.6 is 0 Å². The number of nitrogens with one attached hydrogen (secondary N) is 1. The third kappa shape index (κ3) is 5.01. The van der Waals surface area contributed by atoms with E-state index in [0.29, 0.717) is 6.54 Å². The van der Waals surface area contributed by atoms with Crippen LogP contribution in [0.3, 0.4) is 0 Å². The summed E-state index contributed by atoms with van der Waals surface area (Å²) in [4.78, 5) is 4.75. The number of piperazine rings is 1. The van der Waals surface area contributed by atoms with Crippen LogP contribution in [0.25, 0.3) is 0 Å². The van der Waals surface area contributed by atoms with Gasteiger partial charge in [-0.15, -0.1) is 0 Å². The molecular weight excluding hydrogens is 305 g/mol. The molecule has 0 spiro atoms. The molecule has 0 bridgehead atoms. The maximum absolute atomic E-state index is 12.9. The van der Waals surface area contributed by atoms with Gasteiger partial charge in [0.25, 0.3) is 0 Å². The Morgan fingerprint density at radius 3 is 2.36 bits per heavy atom. The van der Waals surface area contributed by atoms with Crippen molar-refractivity contribution in [3.63, 3.8) is 0 Å². The van der Waals surface area contributed by atoms with Crippen LogP contribution in [0.4, 0.5) is 4.39 Å². The average molecular weight is 329 g/mol. The third-order valence-corrected chi connectivity index (χ3v) is 5.35. The Morgan fingerprint density at radius 2 is 1.77 bits per heavy atom. The lowest BCUT2D eigenvalue weighted by Gasteiger charge is -2.33. The molecule has 7 heteroatoms. The second-order valence-electron chi connectivity index (χ2n) is 6.01. The van der Waals surface area contributed by atoms with Gasteiger partial charge in [0.2, 0.25) is 10.0 Å². The molecule has 1 aliphatic heterocycles. The molecule has 1 unspecified atom stereocenters. The molecule has 0 amide bonds. The third-order valence-electron chi connectivity index (χ3n) is 3.91. The van der Waals surface area contributed by atoms with Gasteiger partial charge >= 0.3 is 0 Å². The molecule has 124 valence electrons. The monoisotopic (exact) mass is 329 g/mol. The fourth-order valence-corrected chi connectivity index (χ4v) is 3.65. The van der Waals surface area contributed by atoms with E-state index in [-0.39, 0.29) is 10.8 Å². The van der Waals surface area contributed by atoms with Gasteiger partial charge in [-0.25, -0.2) is 17.5 Å². The number of hydrogen-bond donors (Lipinski definition) is 1. The predicted molar refractivity (Wildman–Crippen MR) is 84.7 cm³/mol. The Hall–Kier alpha value is -1.02. The fourth-order valence-electron chi connectivity index (χ4n) is 2.48. The zero-order valence-electron chi connectivity index (χ0n) is 13.1. The molecule has 1 heterocycles. The van der Waals surface area contributed by atoms with E-state index in [1.54, 1.807) is 0 Å². The molecule has 1 aromatic rings. The second-order valence-corrected chi connectivity index (χ2v) is 7.78. The number of likely N-dealkylation sites (N-methyl/N-ethyl adjacent to an activating group) is 1. The number of hydrogen-bond acceptors (Lipinski definition) is 4. The number of rotatable bonds is 6. The SMILES string of the molecule is CC(CNS(=O)(=O)c1ccc(F)cc1)CN1CCN(C)CC1. The molecule has 0 aliphatic carbocycles. The van der Waals surface area contributed by atoms with Crippen LogP contribution in [0, 0.1) is 11.7 Å². The number of benzene rings is 1. The van der Waals surface area contributed by atoms with E-state index in [1.165, 1.54) is 12.1 Å². The van der Waals surface area contributed by atoms with Crippen LogP contribution in [0.2, 0.25) is 0 Å². The van der Waals surface area contributed by atoms with E-state index >= 15 is 0 Å². The van der Waals surface area contributed by atoms with Gasteiger partial charge in [-0.3, -0.25) is 0 Å².